The Labute approximate surface area is 182 Å². The summed E-state index contributed by atoms with van der Waals surface area (Å²) in [5.41, 5.74) is 8.96. The molecule has 1 fully saturated rings. The van der Waals surface area contributed by atoms with Crippen molar-refractivity contribution in [3.05, 3.63) is 71.5 Å². The second-order valence-corrected chi connectivity index (χ2v) is 8.28. The van der Waals surface area contributed by atoms with Crippen LogP contribution in [0.4, 0.5) is 5.69 Å². The number of nitrogens with two attached hydrogens (primary N) is 1. The number of likely N-dealkylation sites (tertiary alicyclic amines) is 1. The molecule has 1 amide bonds. The van der Waals surface area contributed by atoms with Crippen molar-refractivity contribution in [3.63, 3.8) is 0 Å². The third-order valence-corrected chi connectivity index (χ3v) is 6.00. The molecular weight excluding hydrogens is 390 g/mol. The van der Waals surface area contributed by atoms with Crippen LogP contribution in [0.3, 0.4) is 0 Å². The molecule has 1 aliphatic heterocycles. The number of carbonyl (C=O) groups is 1. The number of piperidine rings is 1. The number of amides is 1. The highest BCUT2D eigenvalue weighted by molar-refractivity contribution is 5.76. The molecule has 1 atom stereocenters. The topological polar surface area (TPSA) is 93.2 Å². The fraction of sp³-hybridized carbons (Fsp3) is 0.391. The Balaban J connectivity index is 1.66. The molecular formula is C23H29N7O. The minimum absolute atomic E-state index is 0.0617. The first-order chi connectivity index (χ1) is 15.0. The highest BCUT2D eigenvalue weighted by Gasteiger charge is 2.32. The van der Waals surface area contributed by atoms with Gasteiger partial charge in [0.25, 0.3) is 0 Å². The minimum atomic E-state index is -0.208. The molecule has 0 aliphatic carbocycles. The van der Waals surface area contributed by atoms with Gasteiger partial charge in [0.2, 0.25) is 5.91 Å². The van der Waals surface area contributed by atoms with Gasteiger partial charge in [-0.1, -0.05) is 42.5 Å². The summed E-state index contributed by atoms with van der Waals surface area (Å²) >= 11 is 0. The number of anilines is 1. The summed E-state index contributed by atoms with van der Waals surface area (Å²) < 4.78 is 1.88. The first kappa shape index (κ1) is 21.0. The maximum Gasteiger partial charge on any atom is 0.220 e. The van der Waals surface area contributed by atoms with Crippen molar-refractivity contribution in [2.24, 2.45) is 11.7 Å². The van der Waals surface area contributed by atoms with Crippen LogP contribution in [0.2, 0.25) is 0 Å². The van der Waals surface area contributed by atoms with Crippen LogP contribution < -0.4 is 10.6 Å². The minimum Gasteiger partial charge on any atom is -0.378 e. The molecule has 0 radical (unpaired) electrons. The van der Waals surface area contributed by atoms with Gasteiger partial charge in [-0.25, -0.2) is 4.68 Å². The van der Waals surface area contributed by atoms with Crippen molar-refractivity contribution >= 4 is 11.6 Å². The van der Waals surface area contributed by atoms with Crippen molar-refractivity contribution in [1.82, 2.24) is 25.1 Å². The molecule has 31 heavy (non-hydrogen) atoms. The number of hydrogen-bond donors (Lipinski definition) is 1. The zero-order chi connectivity index (χ0) is 21.8. The van der Waals surface area contributed by atoms with Crippen LogP contribution in [-0.4, -0.2) is 58.2 Å². The van der Waals surface area contributed by atoms with Crippen molar-refractivity contribution in [3.8, 4) is 0 Å². The number of nitrogens with zero attached hydrogens (tertiary/aromatic N) is 6. The monoisotopic (exact) mass is 419 g/mol. The Morgan fingerprint density at radius 2 is 1.77 bits per heavy atom. The van der Waals surface area contributed by atoms with Crippen molar-refractivity contribution in [2.45, 2.75) is 25.4 Å². The van der Waals surface area contributed by atoms with Crippen molar-refractivity contribution in [2.75, 3.05) is 32.1 Å². The Hall–Kier alpha value is -3.26. The molecule has 1 aliphatic rings. The van der Waals surface area contributed by atoms with Gasteiger partial charge >= 0.3 is 0 Å². The lowest BCUT2D eigenvalue weighted by Crippen LogP contribution is -2.41. The molecule has 1 aromatic heterocycles. The fourth-order valence-electron chi connectivity index (χ4n) is 4.20. The maximum atomic E-state index is 11.7. The summed E-state index contributed by atoms with van der Waals surface area (Å²) in [5, 5.41) is 12.7. The molecule has 2 N–H and O–H groups in total. The van der Waals surface area contributed by atoms with E-state index in [0.29, 0.717) is 6.54 Å². The molecule has 162 valence electrons. The van der Waals surface area contributed by atoms with Crippen LogP contribution in [0.1, 0.15) is 35.8 Å². The van der Waals surface area contributed by atoms with Gasteiger partial charge in [0.05, 0.1) is 12.6 Å². The highest BCUT2D eigenvalue weighted by Crippen LogP contribution is 2.32. The lowest BCUT2D eigenvalue weighted by Gasteiger charge is -2.36. The Morgan fingerprint density at radius 3 is 2.39 bits per heavy atom. The van der Waals surface area contributed by atoms with Crippen LogP contribution in [0, 0.1) is 5.92 Å². The second-order valence-electron chi connectivity index (χ2n) is 8.28. The van der Waals surface area contributed by atoms with Gasteiger partial charge in [-0.05, 0) is 59.6 Å². The first-order valence-electron chi connectivity index (χ1n) is 10.6. The lowest BCUT2D eigenvalue weighted by molar-refractivity contribution is -0.123. The summed E-state index contributed by atoms with van der Waals surface area (Å²) in [5.74, 6) is 0.535. The largest absolute Gasteiger partial charge is 0.378 e. The summed E-state index contributed by atoms with van der Waals surface area (Å²) in [7, 11) is 4.06. The number of carbonyl (C=O) groups excluding carboxylic acids is 1. The van der Waals surface area contributed by atoms with Gasteiger partial charge < -0.3 is 10.6 Å². The average molecular weight is 420 g/mol. The zero-order valence-electron chi connectivity index (χ0n) is 18.1. The zero-order valence-corrected chi connectivity index (χ0v) is 18.1. The van der Waals surface area contributed by atoms with E-state index in [1.165, 1.54) is 0 Å². The van der Waals surface area contributed by atoms with Crippen molar-refractivity contribution in [1.29, 1.82) is 0 Å². The number of aromatic nitrogens is 4. The van der Waals surface area contributed by atoms with E-state index in [9.17, 15) is 4.79 Å². The number of hydrogen-bond acceptors (Lipinski definition) is 6. The predicted molar refractivity (Wildman–Crippen MR) is 119 cm³/mol. The van der Waals surface area contributed by atoms with Gasteiger partial charge in [0.15, 0.2) is 5.82 Å². The molecule has 1 saturated heterocycles. The quantitative estimate of drug-likeness (QED) is 0.630. The first-order valence-corrected chi connectivity index (χ1v) is 10.6. The van der Waals surface area contributed by atoms with E-state index in [4.69, 9.17) is 5.73 Å². The molecule has 2 heterocycles. The van der Waals surface area contributed by atoms with Crippen LogP contribution in [0.25, 0.3) is 0 Å². The molecule has 0 spiro atoms. The van der Waals surface area contributed by atoms with Gasteiger partial charge in [0.1, 0.15) is 0 Å². The highest BCUT2D eigenvalue weighted by atomic mass is 16.1. The number of benzene rings is 2. The summed E-state index contributed by atoms with van der Waals surface area (Å²) in [4.78, 5) is 16.1. The average Bonchev–Trinajstić information content (AvgIpc) is 3.23. The van der Waals surface area contributed by atoms with E-state index in [-0.39, 0.29) is 17.9 Å². The summed E-state index contributed by atoms with van der Waals surface area (Å²) in [6.45, 7) is 2.14. The van der Waals surface area contributed by atoms with E-state index < -0.39 is 0 Å². The summed E-state index contributed by atoms with van der Waals surface area (Å²) in [6, 6.07) is 18.6. The van der Waals surface area contributed by atoms with E-state index in [2.05, 4.69) is 61.7 Å². The molecule has 2 aromatic carbocycles. The van der Waals surface area contributed by atoms with Crippen LogP contribution in [0.15, 0.2) is 54.6 Å². The SMILES string of the molecule is CN(C)c1ccc(C(c2nnnn2Cc2ccccc2)N2CCC(C(N)=O)CC2)cc1. The standard InChI is InChI=1S/C23H29N7O/c1-28(2)20-10-8-18(9-11-20)21(29-14-12-19(13-15-29)22(24)31)23-25-26-27-30(23)16-17-6-4-3-5-7-17/h3-11,19,21H,12-16H2,1-2H3,(H2,24,31). The Bertz CT molecular complexity index is 992. The summed E-state index contributed by atoms with van der Waals surface area (Å²) in [6.07, 6.45) is 1.50. The second kappa shape index (κ2) is 9.26. The molecule has 0 bridgehead atoms. The smallest absolute Gasteiger partial charge is 0.220 e. The predicted octanol–water partition coefficient (Wildman–Crippen LogP) is 2.07. The van der Waals surface area contributed by atoms with Gasteiger partial charge in [-0.15, -0.1) is 5.10 Å². The van der Waals surface area contributed by atoms with Crippen LogP contribution in [-0.2, 0) is 11.3 Å². The molecule has 0 saturated carbocycles. The fourth-order valence-corrected chi connectivity index (χ4v) is 4.20. The third-order valence-electron chi connectivity index (χ3n) is 6.00. The maximum absolute atomic E-state index is 11.7. The Kier molecular flexibility index (Phi) is 6.27. The van der Waals surface area contributed by atoms with E-state index in [0.717, 1.165) is 48.6 Å². The van der Waals surface area contributed by atoms with Crippen molar-refractivity contribution < 1.29 is 4.79 Å². The van der Waals surface area contributed by atoms with Crippen LogP contribution in [0.5, 0.6) is 0 Å². The number of tetrazole rings is 1. The molecule has 8 heteroatoms. The van der Waals surface area contributed by atoms with Crippen LogP contribution >= 0.6 is 0 Å². The normalized spacial score (nSPS) is 16.2. The molecule has 4 rings (SSSR count). The Morgan fingerprint density at radius 1 is 1.10 bits per heavy atom. The van der Waals surface area contributed by atoms with E-state index >= 15 is 0 Å². The van der Waals surface area contributed by atoms with E-state index in [1.807, 2.05) is 37.0 Å². The molecule has 8 nitrogen and oxygen atoms in total. The molecule has 1 unspecified atom stereocenters. The van der Waals surface area contributed by atoms with Gasteiger partial charge in [-0.2, -0.15) is 0 Å². The van der Waals surface area contributed by atoms with Gasteiger partial charge in [-0.3, -0.25) is 9.69 Å². The van der Waals surface area contributed by atoms with Gasteiger partial charge in [0, 0.05) is 25.7 Å². The number of rotatable bonds is 7. The third kappa shape index (κ3) is 4.74. The lowest BCUT2D eigenvalue weighted by atomic mass is 9.93. The molecule has 3 aromatic rings. The number of primary amides is 1. The van der Waals surface area contributed by atoms with E-state index in [1.54, 1.807) is 0 Å².